The molecule has 1 aliphatic rings. The Hall–Kier alpha value is -3.64. The van der Waals surface area contributed by atoms with Gasteiger partial charge in [0.2, 0.25) is 0 Å². The van der Waals surface area contributed by atoms with Crippen LogP contribution in [-0.2, 0) is 15.0 Å². The van der Waals surface area contributed by atoms with E-state index in [1.165, 1.54) is 12.0 Å². The van der Waals surface area contributed by atoms with E-state index in [0.29, 0.717) is 11.4 Å². The van der Waals surface area contributed by atoms with Crippen molar-refractivity contribution >= 4 is 34.7 Å². The summed E-state index contributed by atoms with van der Waals surface area (Å²) in [4.78, 5) is 32.5. The minimum Gasteiger partial charge on any atom is -0.507 e. The highest BCUT2D eigenvalue weighted by atomic mass is 35.5. The quantitative estimate of drug-likeness (QED) is 0.276. The Morgan fingerprint density at radius 3 is 2.34 bits per heavy atom. The summed E-state index contributed by atoms with van der Waals surface area (Å²) in [5.74, 6) is -1.70. The van der Waals surface area contributed by atoms with Crippen molar-refractivity contribution in [3.05, 3.63) is 93.8 Å². The molecule has 2 heterocycles. The second-order valence-electron chi connectivity index (χ2n) is 9.55. The molecule has 3 aromatic rings. The summed E-state index contributed by atoms with van der Waals surface area (Å²) >= 11 is 6.35. The van der Waals surface area contributed by atoms with Gasteiger partial charge in [-0.05, 0) is 59.9 Å². The molecule has 1 fully saturated rings. The second kappa shape index (κ2) is 9.19. The van der Waals surface area contributed by atoms with Crippen LogP contribution in [0.25, 0.3) is 5.76 Å². The predicted molar refractivity (Wildman–Crippen MR) is 137 cm³/mol. The van der Waals surface area contributed by atoms with Crippen LogP contribution in [0.3, 0.4) is 0 Å². The highest BCUT2D eigenvalue weighted by Crippen LogP contribution is 2.44. The van der Waals surface area contributed by atoms with Crippen LogP contribution < -0.4 is 9.64 Å². The van der Waals surface area contributed by atoms with Crippen molar-refractivity contribution in [2.75, 3.05) is 12.0 Å². The fourth-order valence-electron chi connectivity index (χ4n) is 4.30. The summed E-state index contributed by atoms with van der Waals surface area (Å²) in [5.41, 5.74) is 2.92. The number of aromatic nitrogens is 1. The van der Waals surface area contributed by atoms with Crippen LogP contribution in [0.15, 0.2) is 66.4 Å². The van der Waals surface area contributed by atoms with Crippen molar-refractivity contribution in [1.29, 1.82) is 0 Å². The van der Waals surface area contributed by atoms with Crippen molar-refractivity contribution in [1.82, 2.24) is 4.98 Å². The summed E-state index contributed by atoms with van der Waals surface area (Å²) in [7, 11) is 1.43. The lowest BCUT2D eigenvalue weighted by atomic mass is 9.87. The Kier molecular flexibility index (Phi) is 6.43. The van der Waals surface area contributed by atoms with E-state index in [0.717, 1.165) is 11.1 Å². The summed E-state index contributed by atoms with van der Waals surface area (Å²) in [6.07, 6.45) is 1.59. The minimum absolute atomic E-state index is 0.0753. The number of benzene rings is 2. The van der Waals surface area contributed by atoms with Gasteiger partial charge < -0.3 is 9.84 Å². The zero-order chi connectivity index (χ0) is 25.5. The van der Waals surface area contributed by atoms with Gasteiger partial charge in [0.15, 0.2) is 0 Å². The van der Waals surface area contributed by atoms with Crippen molar-refractivity contribution < 1.29 is 19.4 Å². The van der Waals surface area contributed by atoms with Gasteiger partial charge in [-0.2, -0.15) is 0 Å². The zero-order valence-corrected chi connectivity index (χ0v) is 21.1. The number of anilines is 1. The van der Waals surface area contributed by atoms with Crippen molar-refractivity contribution in [2.24, 2.45) is 0 Å². The van der Waals surface area contributed by atoms with Crippen LogP contribution in [0, 0.1) is 6.92 Å². The summed E-state index contributed by atoms with van der Waals surface area (Å²) in [6.45, 7) is 8.11. The molecule has 1 saturated heterocycles. The Morgan fingerprint density at radius 2 is 1.77 bits per heavy atom. The van der Waals surface area contributed by atoms with E-state index in [2.05, 4.69) is 25.8 Å². The molecule has 1 unspecified atom stereocenters. The monoisotopic (exact) mass is 490 g/mol. The number of Topliss-reactive ketones (excluding diaryl/α,β-unsaturated/α-hetero) is 1. The Balaban J connectivity index is 1.95. The third-order valence-electron chi connectivity index (χ3n) is 6.07. The smallest absolute Gasteiger partial charge is 0.300 e. The lowest BCUT2D eigenvalue weighted by Crippen LogP contribution is -2.30. The Morgan fingerprint density at radius 1 is 1.09 bits per heavy atom. The molecule has 1 atom stereocenters. The average molecular weight is 491 g/mol. The standard InChI is InChI=1S/C28H27ClN2O4/c1-16-14-19(26(35-5)20(29)15-16)24(32)22-23(21-8-6-7-13-30-21)31(27(34)25(22)33)18-11-9-17(10-12-18)28(2,3)4/h6-15,23,32H,1-5H3/b24-22+. The first-order valence-corrected chi connectivity index (χ1v) is 11.6. The number of aliphatic hydroxyl groups excluding tert-OH is 1. The molecule has 0 bridgehead atoms. The maximum Gasteiger partial charge on any atom is 0.300 e. The maximum atomic E-state index is 13.4. The number of carbonyl (C=O) groups excluding carboxylic acids is 2. The third kappa shape index (κ3) is 4.42. The topological polar surface area (TPSA) is 79.7 Å². The number of hydrogen-bond donors (Lipinski definition) is 1. The molecule has 1 aliphatic heterocycles. The number of amides is 1. The van der Waals surface area contributed by atoms with E-state index in [-0.39, 0.29) is 33.1 Å². The van der Waals surface area contributed by atoms with Crippen molar-refractivity contribution in [3.8, 4) is 5.75 Å². The van der Waals surface area contributed by atoms with Gasteiger partial charge in [0, 0.05) is 11.9 Å². The normalized spacial score (nSPS) is 17.7. The molecule has 180 valence electrons. The molecule has 0 radical (unpaired) electrons. The number of ketones is 1. The van der Waals surface area contributed by atoms with Crippen LogP contribution >= 0.6 is 11.6 Å². The van der Waals surface area contributed by atoms with Crippen molar-refractivity contribution in [2.45, 2.75) is 39.2 Å². The lowest BCUT2D eigenvalue weighted by molar-refractivity contribution is -0.132. The van der Waals surface area contributed by atoms with Gasteiger partial charge in [-0.25, -0.2) is 0 Å². The van der Waals surface area contributed by atoms with Crippen LogP contribution in [0.1, 0.15) is 49.2 Å². The SMILES string of the molecule is COc1c(Cl)cc(C)cc1/C(O)=C1\C(=O)C(=O)N(c2ccc(C(C)(C)C)cc2)C1c1ccccn1. The molecule has 1 N–H and O–H groups in total. The first-order chi connectivity index (χ1) is 16.5. The van der Waals surface area contributed by atoms with Crippen LogP contribution in [0.5, 0.6) is 5.75 Å². The number of ether oxygens (including phenoxy) is 1. The average Bonchev–Trinajstić information content (AvgIpc) is 3.08. The van der Waals surface area contributed by atoms with Gasteiger partial charge in [0.1, 0.15) is 17.6 Å². The molecule has 0 spiro atoms. The van der Waals surface area contributed by atoms with Gasteiger partial charge in [0.05, 0.1) is 29.0 Å². The summed E-state index contributed by atoms with van der Waals surface area (Å²) in [5, 5.41) is 11.7. The first kappa shape index (κ1) is 24.5. The fourth-order valence-corrected chi connectivity index (χ4v) is 4.65. The summed E-state index contributed by atoms with van der Waals surface area (Å²) < 4.78 is 5.42. The number of aryl methyl sites for hydroxylation is 1. The number of aliphatic hydroxyl groups is 1. The number of halogens is 1. The van der Waals surface area contributed by atoms with Crippen LogP contribution in [0.4, 0.5) is 5.69 Å². The third-order valence-corrected chi connectivity index (χ3v) is 6.35. The van der Waals surface area contributed by atoms with Gasteiger partial charge in [0.25, 0.3) is 11.7 Å². The number of nitrogens with zero attached hydrogens (tertiary/aromatic N) is 2. The lowest BCUT2D eigenvalue weighted by Gasteiger charge is -2.26. The van der Waals surface area contributed by atoms with Gasteiger partial charge in [-0.3, -0.25) is 19.5 Å². The number of hydrogen-bond acceptors (Lipinski definition) is 5. The number of pyridine rings is 1. The fraction of sp³-hybridized carbons (Fsp3) is 0.250. The molecular weight excluding hydrogens is 464 g/mol. The van der Waals surface area contributed by atoms with E-state index in [9.17, 15) is 14.7 Å². The minimum atomic E-state index is -0.930. The molecule has 6 nitrogen and oxygen atoms in total. The Labute approximate surface area is 209 Å². The van der Waals surface area contributed by atoms with E-state index >= 15 is 0 Å². The Bertz CT molecular complexity index is 1330. The highest BCUT2D eigenvalue weighted by Gasteiger charge is 2.48. The summed E-state index contributed by atoms with van der Waals surface area (Å²) in [6, 6.07) is 15.2. The molecule has 2 aromatic carbocycles. The molecule has 1 aromatic heterocycles. The van der Waals surface area contributed by atoms with Crippen LogP contribution in [0.2, 0.25) is 5.02 Å². The number of methoxy groups -OCH3 is 1. The first-order valence-electron chi connectivity index (χ1n) is 11.2. The van der Waals surface area contributed by atoms with E-state index in [4.69, 9.17) is 16.3 Å². The molecule has 0 aliphatic carbocycles. The predicted octanol–water partition coefficient (Wildman–Crippen LogP) is 5.98. The zero-order valence-electron chi connectivity index (χ0n) is 20.3. The molecule has 7 heteroatoms. The molecule has 0 saturated carbocycles. The molecular formula is C28H27ClN2O4. The van der Waals surface area contributed by atoms with Gasteiger partial charge >= 0.3 is 0 Å². The van der Waals surface area contributed by atoms with E-state index in [1.54, 1.807) is 36.5 Å². The van der Waals surface area contributed by atoms with Gasteiger partial charge in [-0.1, -0.05) is 50.6 Å². The number of carbonyl (C=O) groups is 2. The molecule has 4 rings (SSSR count). The largest absolute Gasteiger partial charge is 0.507 e. The molecule has 1 amide bonds. The van der Waals surface area contributed by atoms with Crippen molar-refractivity contribution in [3.63, 3.8) is 0 Å². The highest BCUT2D eigenvalue weighted by molar-refractivity contribution is 6.51. The van der Waals surface area contributed by atoms with Gasteiger partial charge in [-0.15, -0.1) is 0 Å². The van der Waals surface area contributed by atoms with Crippen LogP contribution in [-0.4, -0.2) is 28.9 Å². The maximum absolute atomic E-state index is 13.4. The number of rotatable bonds is 4. The van der Waals surface area contributed by atoms with E-state index < -0.39 is 17.7 Å². The second-order valence-corrected chi connectivity index (χ2v) is 9.96. The van der Waals surface area contributed by atoms with E-state index in [1.807, 2.05) is 31.2 Å². The molecule has 35 heavy (non-hydrogen) atoms.